The fourth-order valence-corrected chi connectivity index (χ4v) is 4.61. The van der Waals surface area contributed by atoms with Gasteiger partial charge >= 0.3 is 0 Å². The third kappa shape index (κ3) is 4.20. The van der Waals surface area contributed by atoms with Crippen molar-refractivity contribution in [2.45, 2.75) is 36.9 Å². The number of fused-ring (bicyclic) bond motifs is 2. The number of aromatic nitrogens is 4. The highest BCUT2D eigenvalue weighted by atomic mass is 32.2. The topological polar surface area (TPSA) is 84.3 Å². The van der Waals surface area contributed by atoms with Gasteiger partial charge in [-0.2, -0.15) is 0 Å². The number of hydrogen-bond donors (Lipinski definition) is 0. The molecule has 0 aromatic carbocycles. The van der Waals surface area contributed by atoms with Crippen molar-refractivity contribution in [1.29, 1.82) is 0 Å². The summed E-state index contributed by atoms with van der Waals surface area (Å²) in [5.74, 6) is 1.16. The zero-order valence-electron chi connectivity index (χ0n) is 17.1. The highest BCUT2D eigenvalue weighted by Gasteiger charge is 2.43. The number of hydrogen-bond acceptors (Lipinski definition) is 8. The first-order valence-electron chi connectivity index (χ1n) is 9.85. The molecule has 4 heterocycles. The average molecular weight is 415 g/mol. The summed E-state index contributed by atoms with van der Waals surface area (Å²) in [4.78, 5) is 34.3. The number of likely N-dealkylation sites (tertiary alicyclic amines) is 1. The molecule has 0 unspecified atom stereocenters. The van der Waals surface area contributed by atoms with Crippen LogP contribution in [0.2, 0.25) is 0 Å². The van der Waals surface area contributed by atoms with Gasteiger partial charge in [0.2, 0.25) is 11.9 Å². The molecule has 2 aliphatic heterocycles. The summed E-state index contributed by atoms with van der Waals surface area (Å²) in [5.41, 5.74) is 2.65. The van der Waals surface area contributed by atoms with Crippen LogP contribution in [0.3, 0.4) is 0 Å². The lowest BCUT2D eigenvalue weighted by molar-refractivity contribution is -0.138. The molecule has 0 N–H and O–H groups in total. The van der Waals surface area contributed by atoms with Crippen molar-refractivity contribution >= 4 is 23.6 Å². The van der Waals surface area contributed by atoms with Crippen molar-refractivity contribution in [2.24, 2.45) is 0 Å². The van der Waals surface area contributed by atoms with Crippen LogP contribution in [-0.2, 0) is 21.6 Å². The van der Waals surface area contributed by atoms with Crippen LogP contribution in [0.1, 0.15) is 29.8 Å². The quantitative estimate of drug-likeness (QED) is 0.553. The largest absolute Gasteiger partial charge is 0.368 e. The maximum Gasteiger partial charge on any atom is 0.233 e. The van der Waals surface area contributed by atoms with Crippen LogP contribution in [0.5, 0.6) is 0 Å². The van der Waals surface area contributed by atoms with Crippen LogP contribution in [0.25, 0.3) is 0 Å². The molecule has 8 nitrogen and oxygen atoms in total. The van der Waals surface area contributed by atoms with Gasteiger partial charge in [-0.3, -0.25) is 4.79 Å². The molecule has 2 aliphatic rings. The van der Waals surface area contributed by atoms with Gasteiger partial charge in [-0.15, -0.1) is 0 Å². The van der Waals surface area contributed by atoms with Crippen molar-refractivity contribution in [3.05, 3.63) is 35.4 Å². The molecular weight excluding hydrogens is 388 g/mol. The summed E-state index contributed by atoms with van der Waals surface area (Å²) in [5, 5.41) is 0.643. The maximum absolute atomic E-state index is 12.7. The number of amides is 1. The Bertz CT molecular complexity index is 898. The van der Waals surface area contributed by atoms with E-state index in [2.05, 4.69) is 15.0 Å². The number of aryl methyl sites for hydroxylation is 1. The lowest BCUT2D eigenvalue weighted by Crippen LogP contribution is -2.49. The summed E-state index contributed by atoms with van der Waals surface area (Å²) in [6.45, 7) is 3.92. The highest BCUT2D eigenvalue weighted by Crippen LogP contribution is 2.40. The molecule has 1 saturated heterocycles. The third-order valence-electron chi connectivity index (χ3n) is 5.45. The molecule has 154 valence electrons. The van der Waals surface area contributed by atoms with E-state index in [0.29, 0.717) is 36.6 Å². The number of nitrogens with zero attached hydrogens (tertiary/aromatic N) is 6. The number of rotatable bonds is 4. The van der Waals surface area contributed by atoms with Gasteiger partial charge in [-0.05, 0) is 37.8 Å². The van der Waals surface area contributed by atoms with E-state index in [4.69, 9.17) is 9.72 Å². The smallest absolute Gasteiger partial charge is 0.233 e. The Morgan fingerprint density at radius 3 is 2.79 bits per heavy atom. The molecule has 1 fully saturated rings. The molecule has 0 atom stereocenters. The number of carbonyl (C=O) groups excluding carboxylic acids is 1. The second-order valence-electron chi connectivity index (χ2n) is 7.68. The van der Waals surface area contributed by atoms with Gasteiger partial charge in [0.05, 0.1) is 18.1 Å². The molecule has 1 spiro atoms. The Morgan fingerprint density at radius 1 is 1.28 bits per heavy atom. The van der Waals surface area contributed by atoms with Crippen LogP contribution in [0.15, 0.2) is 23.6 Å². The minimum atomic E-state index is -0.412. The van der Waals surface area contributed by atoms with E-state index in [1.807, 2.05) is 43.1 Å². The summed E-state index contributed by atoms with van der Waals surface area (Å²) in [6.07, 6.45) is 5.99. The number of ether oxygens (including phenoxy) is 1. The predicted octanol–water partition coefficient (Wildman–Crippen LogP) is 1.82. The molecule has 0 radical (unpaired) electrons. The fraction of sp³-hybridized carbons (Fsp3) is 0.550. The molecule has 29 heavy (non-hydrogen) atoms. The highest BCUT2D eigenvalue weighted by molar-refractivity contribution is 7.99. The van der Waals surface area contributed by atoms with Crippen molar-refractivity contribution in [1.82, 2.24) is 24.8 Å². The first-order chi connectivity index (χ1) is 14.0. The van der Waals surface area contributed by atoms with E-state index in [1.54, 1.807) is 6.20 Å². The number of carbonyl (C=O) groups is 1. The first-order valence-corrected chi connectivity index (χ1v) is 10.8. The molecule has 4 rings (SSSR count). The predicted molar refractivity (Wildman–Crippen MR) is 111 cm³/mol. The van der Waals surface area contributed by atoms with E-state index in [9.17, 15) is 4.79 Å². The summed E-state index contributed by atoms with van der Waals surface area (Å²) >= 11 is 1.39. The zero-order valence-corrected chi connectivity index (χ0v) is 17.9. The Kier molecular flexibility index (Phi) is 5.69. The van der Waals surface area contributed by atoms with Crippen molar-refractivity contribution in [3.8, 4) is 0 Å². The molecule has 2 aromatic heterocycles. The second kappa shape index (κ2) is 8.23. The van der Waals surface area contributed by atoms with Crippen molar-refractivity contribution in [3.63, 3.8) is 0 Å². The lowest BCUT2D eigenvalue weighted by atomic mass is 9.83. The van der Waals surface area contributed by atoms with Crippen LogP contribution < -0.4 is 4.90 Å². The van der Waals surface area contributed by atoms with E-state index >= 15 is 0 Å². The Hall–Kier alpha value is -2.26. The zero-order chi connectivity index (χ0) is 20.4. The summed E-state index contributed by atoms with van der Waals surface area (Å²) in [6, 6.07) is 1.85. The SMILES string of the molecule is Cc1ccnc(SCC(=O)N2CCC3(CC2)OCCc2cnc(N(C)C)nc23)n1. The molecule has 0 bridgehead atoms. The van der Waals surface area contributed by atoms with Gasteiger partial charge in [-0.1, -0.05) is 11.8 Å². The van der Waals surface area contributed by atoms with Crippen LogP contribution in [0, 0.1) is 6.92 Å². The number of piperidine rings is 1. The van der Waals surface area contributed by atoms with Gasteiger partial charge in [0.25, 0.3) is 0 Å². The molecule has 1 amide bonds. The first kappa shape index (κ1) is 20.0. The van der Waals surface area contributed by atoms with Crippen molar-refractivity contribution < 1.29 is 9.53 Å². The van der Waals surface area contributed by atoms with Gasteiger partial charge in [0.15, 0.2) is 5.16 Å². The van der Waals surface area contributed by atoms with Crippen LogP contribution in [0.4, 0.5) is 5.95 Å². The summed E-state index contributed by atoms with van der Waals surface area (Å²) < 4.78 is 6.27. The van der Waals surface area contributed by atoms with E-state index in [0.717, 1.165) is 36.2 Å². The van der Waals surface area contributed by atoms with Gasteiger partial charge in [-0.25, -0.2) is 19.9 Å². The molecule has 0 aliphatic carbocycles. The van der Waals surface area contributed by atoms with Crippen molar-refractivity contribution in [2.75, 3.05) is 44.4 Å². The molecule has 0 saturated carbocycles. The standard InChI is InChI=1S/C20H26N6O2S/c1-14-4-8-21-19(23-14)29-13-16(27)26-9-6-20(7-10-26)17-15(5-11-28-20)12-22-18(24-17)25(2)3/h4,8,12H,5-7,9-11,13H2,1-3H3. The molecule has 2 aromatic rings. The van der Waals surface area contributed by atoms with Gasteiger partial charge < -0.3 is 14.5 Å². The van der Waals surface area contributed by atoms with E-state index < -0.39 is 5.60 Å². The number of thioether (sulfide) groups is 1. The third-order valence-corrected chi connectivity index (χ3v) is 6.30. The van der Waals surface area contributed by atoms with E-state index in [-0.39, 0.29) is 5.91 Å². The fourth-order valence-electron chi connectivity index (χ4n) is 3.83. The molecular formula is C20H26N6O2S. The van der Waals surface area contributed by atoms with Gasteiger partial charge in [0, 0.05) is 45.3 Å². The van der Waals surface area contributed by atoms with Crippen LogP contribution in [-0.4, -0.2) is 70.3 Å². The number of anilines is 1. The second-order valence-corrected chi connectivity index (χ2v) is 8.62. The summed E-state index contributed by atoms with van der Waals surface area (Å²) in [7, 11) is 3.88. The minimum absolute atomic E-state index is 0.114. The average Bonchev–Trinajstić information content (AvgIpc) is 2.73. The normalized spacial score (nSPS) is 17.8. The van der Waals surface area contributed by atoms with Gasteiger partial charge in [0.1, 0.15) is 5.60 Å². The molecule has 9 heteroatoms. The Labute approximate surface area is 175 Å². The monoisotopic (exact) mass is 414 g/mol. The maximum atomic E-state index is 12.7. The lowest BCUT2D eigenvalue weighted by Gasteiger charge is -2.44. The minimum Gasteiger partial charge on any atom is -0.368 e. The van der Waals surface area contributed by atoms with Crippen LogP contribution >= 0.6 is 11.8 Å². The van der Waals surface area contributed by atoms with E-state index in [1.165, 1.54) is 11.8 Å². The Morgan fingerprint density at radius 2 is 2.07 bits per heavy atom. The Balaban J connectivity index is 1.42.